The van der Waals surface area contributed by atoms with Crippen LogP contribution in [0.4, 0.5) is 5.69 Å². The lowest BCUT2D eigenvalue weighted by atomic mass is 10.1. The highest BCUT2D eigenvalue weighted by Crippen LogP contribution is 2.25. The molecule has 0 atom stereocenters. The quantitative estimate of drug-likeness (QED) is 0.857. The summed E-state index contributed by atoms with van der Waals surface area (Å²) in [5.41, 5.74) is 3.57. The fraction of sp³-hybridized carbons (Fsp3) is 0.267. The monoisotopic (exact) mass is 310 g/mol. The molecule has 0 saturated carbocycles. The molecule has 3 nitrogen and oxygen atoms in total. The van der Waals surface area contributed by atoms with Crippen LogP contribution in [0.1, 0.15) is 21.7 Å². The first-order chi connectivity index (χ1) is 9.40. The summed E-state index contributed by atoms with van der Waals surface area (Å²) in [6.07, 6.45) is 0. The Bertz CT molecular complexity index is 662. The van der Waals surface area contributed by atoms with Gasteiger partial charge in [0.05, 0.1) is 16.6 Å². The van der Waals surface area contributed by atoms with Gasteiger partial charge in [0.15, 0.2) is 5.78 Å². The molecule has 1 heterocycles. The summed E-state index contributed by atoms with van der Waals surface area (Å²) < 4.78 is 2.01. The number of Topliss-reactive ketones (excluding diaryl/α,β-unsaturated/α-hetero) is 1. The van der Waals surface area contributed by atoms with Gasteiger partial charge < -0.3 is 9.88 Å². The zero-order valence-electron chi connectivity index (χ0n) is 11.6. The van der Waals surface area contributed by atoms with Crippen LogP contribution < -0.4 is 5.32 Å². The predicted octanol–water partition coefficient (Wildman–Crippen LogP) is 4.24. The van der Waals surface area contributed by atoms with Crippen molar-refractivity contribution in [1.82, 2.24) is 4.57 Å². The van der Waals surface area contributed by atoms with E-state index in [9.17, 15) is 4.79 Å². The maximum atomic E-state index is 12.2. The van der Waals surface area contributed by atoms with E-state index in [1.165, 1.54) is 0 Å². The Balaban J connectivity index is 2.08. The maximum Gasteiger partial charge on any atom is 0.183 e. The molecule has 1 N–H and O–H groups in total. The summed E-state index contributed by atoms with van der Waals surface area (Å²) in [7, 11) is 1.95. The largest absolute Gasteiger partial charge is 0.378 e. The normalized spacial score (nSPS) is 10.7. The number of aryl methyl sites for hydroxylation is 1. The molecule has 0 saturated heterocycles. The second-order valence-electron chi connectivity index (χ2n) is 4.75. The lowest BCUT2D eigenvalue weighted by molar-refractivity contribution is 0.101. The van der Waals surface area contributed by atoms with Gasteiger partial charge in [0.1, 0.15) is 0 Å². The van der Waals surface area contributed by atoms with E-state index in [1.54, 1.807) is 18.2 Å². The maximum absolute atomic E-state index is 12.2. The van der Waals surface area contributed by atoms with Crippen molar-refractivity contribution in [1.29, 1.82) is 0 Å². The number of hydrogen-bond acceptors (Lipinski definition) is 2. The number of aromatic nitrogens is 1. The van der Waals surface area contributed by atoms with Crippen molar-refractivity contribution in [3.05, 3.63) is 51.3 Å². The minimum absolute atomic E-state index is 0.0530. The third-order valence-electron chi connectivity index (χ3n) is 3.45. The zero-order chi connectivity index (χ0) is 14.9. The Morgan fingerprint density at radius 3 is 2.45 bits per heavy atom. The van der Waals surface area contributed by atoms with E-state index in [-0.39, 0.29) is 12.3 Å². The third kappa shape index (κ3) is 3.00. The molecule has 0 aliphatic rings. The van der Waals surface area contributed by atoms with E-state index >= 15 is 0 Å². The average Bonchev–Trinajstić information content (AvgIpc) is 2.67. The molecule has 0 unspecified atom stereocenters. The van der Waals surface area contributed by atoms with Gasteiger partial charge in [-0.05, 0) is 38.1 Å². The minimum Gasteiger partial charge on any atom is -0.378 e. The van der Waals surface area contributed by atoms with Crippen molar-refractivity contribution < 1.29 is 4.79 Å². The van der Waals surface area contributed by atoms with Crippen LogP contribution in [-0.2, 0) is 7.05 Å². The van der Waals surface area contributed by atoms with Crippen molar-refractivity contribution in [2.75, 3.05) is 11.9 Å². The molecule has 2 aromatic rings. The van der Waals surface area contributed by atoms with Crippen LogP contribution >= 0.6 is 23.2 Å². The van der Waals surface area contributed by atoms with E-state index in [0.717, 1.165) is 22.6 Å². The highest BCUT2D eigenvalue weighted by Gasteiger charge is 2.13. The summed E-state index contributed by atoms with van der Waals surface area (Å²) in [5.74, 6) is 0.0530. The number of nitrogens with one attached hydrogen (secondary N) is 1. The number of nitrogens with zero attached hydrogens (tertiary/aromatic N) is 1. The van der Waals surface area contributed by atoms with Gasteiger partial charge in [0.2, 0.25) is 0 Å². The van der Waals surface area contributed by atoms with Crippen LogP contribution in [0.15, 0.2) is 24.3 Å². The van der Waals surface area contributed by atoms with E-state index in [0.29, 0.717) is 10.0 Å². The Labute approximate surface area is 128 Å². The van der Waals surface area contributed by atoms with Gasteiger partial charge in [-0.15, -0.1) is 0 Å². The standard InChI is InChI=1S/C15H16Cl2N2O/c1-9-6-12(10(2)19(9)3)15(20)8-18-11-4-5-13(16)14(17)7-11/h4-7,18H,8H2,1-3H3. The molecule has 2 rings (SSSR count). The molecule has 1 aromatic heterocycles. The van der Waals surface area contributed by atoms with Gasteiger partial charge in [0.25, 0.3) is 0 Å². The molecular formula is C15H16Cl2N2O. The number of ketones is 1. The van der Waals surface area contributed by atoms with Crippen molar-refractivity contribution >= 4 is 34.7 Å². The number of rotatable bonds is 4. The predicted molar refractivity (Wildman–Crippen MR) is 84.2 cm³/mol. The van der Waals surface area contributed by atoms with Gasteiger partial charge in [-0.1, -0.05) is 23.2 Å². The van der Waals surface area contributed by atoms with Crippen LogP contribution in [0.5, 0.6) is 0 Å². The number of carbonyl (C=O) groups excluding carboxylic acids is 1. The average molecular weight is 311 g/mol. The Morgan fingerprint density at radius 1 is 1.20 bits per heavy atom. The van der Waals surface area contributed by atoms with E-state index in [2.05, 4.69) is 5.32 Å². The molecular weight excluding hydrogens is 295 g/mol. The van der Waals surface area contributed by atoms with Gasteiger partial charge in [-0.2, -0.15) is 0 Å². The number of carbonyl (C=O) groups is 1. The molecule has 0 radical (unpaired) electrons. The van der Waals surface area contributed by atoms with Crippen molar-refractivity contribution in [3.8, 4) is 0 Å². The topological polar surface area (TPSA) is 34.0 Å². The summed E-state index contributed by atoms with van der Waals surface area (Å²) in [4.78, 5) is 12.2. The molecule has 0 spiro atoms. The summed E-state index contributed by atoms with van der Waals surface area (Å²) in [6.45, 7) is 4.15. The second-order valence-corrected chi connectivity index (χ2v) is 5.56. The van der Waals surface area contributed by atoms with E-state index in [4.69, 9.17) is 23.2 Å². The molecule has 106 valence electrons. The molecule has 1 aromatic carbocycles. The van der Waals surface area contributed by atoms with Gasteiger partial charge in [0, 0.05) is 29.7 Å². The Morgan fingerprint density at radius 2 is 1.90 bits per heavy atom. The van der Waals surface area contributed by atoms with Gasteiger partial charge in [-0.25, -0.2) is 0 Å². The fourth-order valence-corrected chi connectivity index (χ4v) is 2.32. The molecule has 0 bridgehead atoms. The van der Waals surface area contributed by atoms with Crippen LogP contribution in [0.3, 0.4) is 0 Å². The van der Waals surface area contributed by atoms with E-state index in [1.807, 2.05) is 31.5 Å². The molecule has 20 heavy (non-hydrogen) atoms. The Hall–Kier alpha value is -1.45. The van der Waals surface area contributed by atoms with Crippen LogP contribution in [0.2, 0.25) is 10.0 Å². The SMILES string of the molecule is Cc1cc(C(=O)CNc2ccc(Cl)c(Cl)c2)c(C)n1C. The van der Waals surface area contributed by atoms with Crippen LogP contribution in [0, 0.1) is 13.8 Å². The van der Waals surface area contributed by atoms with Gasteiger partial charge >= 0.3 is 0 Å². The van der Waals surface area contributed by atoms with Crippen LogP contribution in [-0.4, -0.2) is 16.9 Å². The molecule has 0 aliphatic carbocycles. The number of hydrogen-bond donors (Lipinski definition) is 1. The summed E-state index contributed by atoms with van der Waals surface area (Å²) in [6, 6.07) is 7.12. The fourth-order valence-electron chi connectivity index (χ4n) is 2.02. The first kappa shape index (κ1) is 14.9. The summed E-state index contributed by atoms with van der Waals surface area (Å²) in [5, 5.41) is 4.03. The second kappa shape index (κ2) is 5.90. The van der Waals surface area contributed by atoms with Crippen molar-refractivity contribution in [2.24, 2.45) is 7.05 Å². The molecule has 5 heteroatoms. The van der Waals surface area contributed by atoms with Gasteiger partial charge in [-0.3, -0.25) is 4.79 Å². The molecule has 0 fully saturated rings. The lowest BCUT2D eigenvalue weighted by Gasteiger charge is -2.07. The van der Waals surface area contributed by atoms with Crippen molar-refractivity contribution in [2.45, 2.75) is 13.8 Å². The number of halogens is 2. The highest BCUT2D eigenvalue weighted by atomic mass is 35.5. The minimum atomic E-state index is 0.0530. The van der Waals surface area contributed by atoms with Crippen molar-refractivity contribution in [3.63, 3.8) is 0 Å². The smallest absolute Gasteiger partial charge is 0.183 e. The third-order valence-corrected chi connectivity index (χ3v) is 4.19. The molecule has 0 amide bonds. The lowest BCUT2D eigenvalue weighted by Crippen LogP contribution is -2.14. The highest BCUT2D eigenvalue weighted by molar-refractivity contribution is 6.42. The zero-order valence-corrected chi connectivity index (χ0v) is 13.1. The van der Waals surface area contributed by atoms with Crippen LogP contribution in [0.25, 0.3) is 0 Å². The first-order valence-corrected chi connectivity index (χ1v) is 7.00. The Kier molecular flexibility index (Phi) is 4.41. The molecule has 0 aliphatic heterocycles. The number of benzene rings is 1. The summed E-state index contributed by atoms with van der Waals surface area (Å²) >= 11 is 11.8. The first-order valence-electron chi connectivity index (χ1n) is 6.25. The number of anilines is 1. The van der Waals surface area contributed by atoms with E-state index < -0.39 is 0 Å².